The zero-order valence-corrected chi connectivity index (χ0v) is 26.0. The summed E-state index contributed by atoms with van der Waals surface area (Å²) in [5.41, 5.74) is 7.39. The number of carbonyl (C=O) groups excluding carboxylic acids is 5. The second-order valence-electron chi connectivity index (χ2n) is 10.6. The minimum absolute atomic E-state index is 0.00575. The number of hydrogen-bond donors (Lipinski definition) is 3. The molecule has 0 spiro atoms. The van der Waals surface area contributed by atoms with E-state index in [1.807, 2.05) is 60.7 Å². The van der Waals surface area contributed by atoms with Crippen molar-refractivity contribution in [2.75, 3.05) is 13.2 Å². The van der Waals surface area contributed by atoms with Gasteiger partial charge in [0, 0.05) is 19.4 Å². The van der Waals surface area contributed by atoms with Crippen molar-refractivity contribution in [2.24, 2.45) is 5.73 Å². The van der Waals surface area contributed by atoms with Crippen molar-refractivity contribution >= 4 is 29.7 Å². The fourth-order valence-corrected chi connectivity index (χ4v) is 4.39. The first-order valence-corrected chi connectivity index (χ1v) is 15.3. The van der Waals surface area contributed by atoms with Gasteiger partial charge in [-0.05, 0) is 35.2 Å². The van der Waals surface area contributed by atoms with Crippen LogP contribution in [0, 0.1) is 0 Å². The Kier molecular flexibility index (Phi) is 14.8. The number of carbonyl (C=O) groups is 5. The molecule has 11 heteroatoms. The van der Waals surface area contributed by atoms with Crippen LogP contribution in [0.4, 0.5) is 0 Å². The molecule has 0 radical (unpaired) electrons. The molecule has 244 valence electrons. The Labute approximate surface area is 268 Å². The van der Waals surface area contributed by atoms with E-state index in [1.165, 1.54) is 12.1 Å². The van der Waals surface area contributed by atoms with Gasteiger partial charge in [0.2, 0.25) is 11.8 Å². The molecule has 0 aliphatic rings. The Morgan fingerprint density at radius 2 is 1.43 bits per heavy atom. The number of nitrogens with two attached hydrogens (primary N) is 1. The van der Waals surface area contributed by atoms with Crippen LogP contribution in [-0.4, -0.2) is 48.9 Å². The molecule has 3 amide bonds. The highest BCUT2D eigenvalue weighted by atomic mass is 16.5. The molecule has 0 fully saturated rings. The highest BCUT2D eigenvalue weighted by Gasteiger charge is 2.24. The quantitative estimate of drug-likeness (QED) is 0.133. The molecule has 11 nitrogen and oxygen atoms in total. The predicted octanol–water partition coefficient (Wildman–Crippen LogP) is 3.77. The first-order valence-electron chi connectivity index (χ1n) is 15.3. The highest BCUT2D eigenvalue weighted by Crippen LogP contribution is 2.23. The average molecular weight is 632 g/mol. The molecule has 3 aromatic rings. The summed E-state index contributed by atoms with van der Waals surface area (Å²) in [7, 11) is 0. The monoisotopic (exact) mass is 631 g/mol. The summed E-state index contributed by atoms with van der Waals surface area (Å²) in [6.07, 6.45) is 2.38. The first-order chi connectivity index (χ1) is 22.2. The van der Waals surface area contributed by atoms with Gasteiger partial charge in [0.25, 0.3) is 5.91 Å². The van der Waals surface area contributed by atoms with Crippen molar-refractivity contribution in [3.05, 3.63) is 101 Å². The Hall–Kier alpha value is -5.19. The molecule has 46 heavy (non-hydrogen) atoms. The molecule has 0 aromatic heterocycles. The number of ether oxygens (including phenoxy) is 3. The fraction of sp³-hybridized carbons (Fsp3) is 0.343. The number of benzene rings is 3. The molecule has 3 aromatic carbocycles. The zero-order chi connectivity index (χ0) is 33.1. The van der Waals surface area contributed by atoms with E-state index in [9.17, 15) is 24.0 Å². The van der Waals surface area contributed by atoms with E-state index >= 15 is 0 Å². The van der Waals surface area contributed by atoms with Gasteiger partial charge >= 0.3 is 11.9 Å². The van der Waals surface area contributed by atoms with Crippen LogP contribution in [-0.2, 0) is 48.3 Å². The van der Waals surface area contributed by atoms with Gasteiger partial charge in [0.15, 0.2) is 6.61 Å². The third-order valence-corrected chi connectivity index (χ3v) is 6.82. The summed E-state index contributed by atoms with van der Waals surface area (Å²) in [6, 6.07) is 21.9. The maximum Gasteiger partial charge on any atom is 0.342 e. The van der Waals surface area contributed by atoms with Crippen molar-refractivity contribution in [2.45, 2.75) is 64.7 Å². The third-order valence-electron chi connectivity index (χ3n) is 6.82. The molecule has 0 unspecified atom stereocenters. The van der Waals surface area contributed by atoms with Crippen LogP contribution in [0.3, 0.4) is 0 Å². The third kappa shape index (κ3) is 12.8. The average Bonchev–Trinajstić information content (AvgIpc) is 3.07. The molecular formula is C35H41N3O8. The van der Waals surface area contributed by atoms with Crippen LogP contribution in [0.1, 0.15) is 66.1 Å². The van der Waals surface area contributed by atoms with Gasteiger partial charge in [-0.2, -0.15) is 0 Å². The fourth-order valence-electron chi connectivity index (χ4n) is 4.39. The Morgan fingerprint density at radius 3 is 2.07 bits per heavy atom. The minimum Gasteiger partial charge on any atom is -0.483 e. The van der Waals surface area contributed by atoms with Gasteiger partial charge in [-0.15, -0.1) is 0 Å². The summed E-state index contributed by atoms with van der Waals surface area (Å²) >= 11 is 0. The second-order valence-corrected chi connectivity index (χ2v) is 10.6. The smallest absolute Gasteiger partial charge is 0.342 e. The summed E-state index contributed by atoms with van der Waals surface area (Å²) in [4.78, 5) is 62.8. The first kappa shape index (κ1) is 35.3. The predicted molar refractivity (Wildman–Crippen MR) is 170 cm³/mol. The lowest BCUT2D eigenvalue weighted by Gasteiger charge is -2.20. The summed E-state index contributed by atoms with van der Waals surface area (Å²) in [5, 5.41) is 5.57. The number of esters is 2. The summed E-state index contributed by atoms with van der Waals surface area (Å²) in [5.74, 6) is -2.79. The van der Waals surface area contributed by atoms with E-state index in [0.29, 0.717) is 12.1 Å². The van der Waals surface area contributed by atoms with Crippen LogP contribution >= 0.6 is 0 Å². The number of primary amides is 1. The number of unbranched alkanes of at least 4 members (excludes halogenated alkanes) is 2. The topological polar surface area (TPSA) is 163 Å². The van der Waals surface area contributed by atoms with E-state index in [2.05, 4.69) is 17.6 Å². The highest BCUT2D eigenvalue weighted by molar-refractivity contribution is 5.93. The summed E-state index contributed by atoms with van der Waals surface area (Å²) in [6.45, 7) is 2.13. The second kappa shape index (κ2) is 19.3. The largest absolute Gasteiger partial charge is 0.483 e. The van der Waals surface area contributed by atoms with E-state index in [4.69, 9.17) is 19.9 Å². The molecule has 0 bridgehead atoms. The lowest BCUT2D eigenvalue weighted by molar-refractivity contribution is -0.146. The number of hydrogen-bond acceptors (Lipinski definition) is 8. The number of amides is 3. The van der Waals surface area contributed by atoms with Gasteiger partial charge in [-0.1, -0.05) is 86.5 Å². The van der Waals surface area contributed by atoms with E-state index in [0.717, 1.165) is 30.4 Å². The van der Waals surface area contributed by atoms with Gasteiger partial charge in [0.1, 0.15) is 30.6 Å². The van der Waals surface area contributed by atoms with Gasteiger partial charge in [-0.3, -0.25) is 19.2 Å². The Balaban J connectivity index is 1.70. The van der Waals surface area contributed by atoms with Gasteiger partial charge in [0.05, 0.1) is 6.42 Å². The van der Waals surface area contributed by atoms with Crippen LogP contribution in [0.15, 0.2) is 78.9 Å². The van der Waals surface area contributed by atoms with Crippen LogP contribution in [0.5, 0.6) is 5.75 Å². The van der Waals surface area contributed by atoms with Crippen molar-refractivity contribution in [3.8, 4) is 5.75 Å². The van der Waals surface area contributed by atoms with E-state index in [1.54, 1.807) is 6.07 Å². The summed E-state index contributed by atoms with van der Waals surface area (Å²) < 4.78 is 16.2. The van der Waals surface area contributed by atoms with E-state index in [-0.39, 0.29) is 43.8 Å². The number of nitrogens with one attached hydrogen (secondary N) is 2. The van der Waals surface area contributed by atoms with E-state index < -0.39 is 42.3 Å². The molecular weight excluding hydrogens is 590 g/mol. The standard InChI is InChI=1S/C35H41N3O8/c1-2-3-10-19-37-34(42)29(38-32(40)17-18-33(41)45-22-25-11-6-4-7-12-25)21-27-15-16-30(44-24-31(36)39)28(20-27)35(43)46-23-26-13-8-5-9-14-26/h4-9,11-16,20,29H,2-3,10,17-19,21-24H2,1H3,(H2,36,39)(H,37,42)(H,38,40)/t29-/m0/s1. The molecule has 1 atom stereocenters. The Bertz CT molecular complexity index is 1450. The lowest BCUT2D eigenvalue weighted by atomic mass is 10.0. The normalized spacial score (nSPS) is 11.2. The zero-order valence-electron chi connectivity index (χ0n) is 26.0. The molecule has 0 heterocycles. The van der Waals surface area contributed by atoms with Gasteiger partial charge < -0.3 is 30.6 Å². The van der Waals surface area contributed by atoms with Crippen molar-refractivity contribution in [3.63, 3.8) is 0 Å². The van der Waals surface area contributed by atoms with Crippen molar-refractivity contribution in [1.82, 2.24) is 10.6 Å². The van der Waals surface area contributed by atoms with Crippen LogP contribution in [0.2, 0.25) is 0 Å². The number of rotatable bonds is 19. The maximum absolute atomic E-state index is 13.2. The molecule has 4 N–H and O–H groups in total. The molecule has 0 saturated heterocycles. The molecule has 3 rings (SSSR count). The van der Waals surface area contributed by atoms with Crippen LogP contribution in [0.25, 0.3) is 0 Å². The lowest BCUT2D eigenvalue weighted by Crippen LogP contribution is -2.48. The van der Waals surface area contributed by atoms with Crippen molar-refractivity contribution < 1.29 is 38.2 Å². The molecule has 0 saturated carbocycles. The van der Waals surface area contributed by atoms with Gasteiger partial charge in [-0.25, -0.2) is 4.79 Å². The van der Waals surface area contributed by atoms with Crippen LogP contribution < -0.4 is 21.1 Å². The van der Waals surface area contributed by atoms with Crippen molar-refractivity contribution in [1.29, 1.82) is 0 Å². The SMILES string of the molecule is CCCCCNC(=O)[C@H](Cc1ccc(OCC(N)=O)c(C(=O)OCc2ccccc2)c1)NC(=O)CCC(=O)OCc1ccccc1. The molecule has 0 aliphatic carbocycles. The Morgan fingerprint density at radius 1 is 0.783 bits per heavy atom. The maximum atomic E-state index is 13.2. The molecule has 0 aliphatic heterocycles. The minimum atomic E-state index is -1.000.